The summed E-state index contributed by atoms with van der Waals surface area (Å²) in [7, 11) is 0. The summed E-state index contributed by atoms with van der Waals surface area (Å²) in [5.41, 5.74) is 6.18. The molecule has 0 aliphatic carbocycles. The van der Waals surface area contributed by atoms with Gasteiger partial charge in [-0.25, -0.2) is 20.3 Å². The van der Waals surface area contributed by atoms with Crippen molar-refractivity contribution in [2.24, 2.45) is 10.4 Å². The molecule has 10 heteroatoms. The van der Waals surface area contributed by atoms with Crippen LogP contribution in [0, 0.1) is 12.3 Å². The van der Waals surface area contributed by atoms with E-state index in [1.54, 1.807) is 16.2 Å². The molecular formula is C25H33N5O4S. The Balaban J connectivity index is 1.58. The lowest BCUT2D eigenvalue weighted by Gasteiger charge is -2.35. The Labute approximate surface area is 209 Å². The minimum atomic E-state index is -0.986. The molecule has 0 spiro atoms. The van der Waals surface area contributed by atoms with E-state index in [1.807, 2.05) is 64.4 Å². The fourth-order valence-electron chi connectivity index (χ4n) is 4.54. The summed E-state index contributed by atoms with van der Waals surface area (Å²) in [6.07, 6.45) is -0.363. The molecule has 4 rings (SSSR count). The Morgan fingerprint density at radius 2 is 2.00 bits per heavy atom. The number of amidine groups is 1. The first-order valence-electron chi connectivity index (χ1n) is 11.7. The van der Waals surface area contributed by atoms with Gasteiger partial charge in [0.15, 0.2) is 0 Å². The largest absolute Gasteiger partial charge is 0.391 e. The summed E-state index contributed by atoms with van der Waals surface area (Å²) in [5, 5.41) is 13.2. The summed E-state index contributed by atoms with van der Waals surface area (Å²) in [5.74, 6) is -0.0503. The number of likely N-dealkylation sites (tertiary alicyclic amines) is 1. The number of thiazole rings is 1. The molecule has 1 saturated heterocycles. The van der Waals surface area contributed by atoms with Gasteiger partial charge in [0.1, 0.15) is 11.9 Å². The zero-order chi connectivity index (χ0) is 25.5. The number of aryl methyl sites for hydroxylation is 1. The third kappa shape index (κ3) is 5.10. The molecule has 2 aliphatic rings. The van der Waals surface area contributed by atoms with Gasteiger partial charge in [0.25, 0.3) is 0 Å². The molecule has 3 heterocycles. The van der Waals surface area contributed by atoms with Gasteiger partial charge in [-0.15, -0.1) is 11.3 Å². The number of hydrogen-bond acceptors (Lipinski definition) is 8. The van der Waals surface area contributed by atoms with Crippen LogP contribution < -0.4 is 10.8 Å². The Hall–Kier alpha value is -2.82. The van der Waals surface area contributed by atoms with Gasteiger partial charge in [0.2, 0.25) is 17.5 Å². The molecule has 35 heavy (non-hydrogen) atoms. The summed E-state index contributed by atoms with van der Waals surface area (Å²) in [6.45, 7) is 11.1. The average molecular weight is 500 g/mol. The quantitative estimate of drug-likeness (QED) is 0.583. The highest BCUT2D eigenvalue weighted by atomic mass is 32.1. The van der Waals surface area contributed by atoms with Crippen molar-refractivity contribution in [2.45, 2.75) is 71.9 Å². The highest BCUT2D eigenvalue weighted by Crippen LogP contribution is 2.35. The number of nitrogens with one attached hydrogen (secondary N) is 2. The number of aliphatic imine (C=N–C) groups is 1. The number of aliphatic hydroxyl groups excluding tert-OH is 1. The molecule has 2 aromatic rings. The van der Waals surface area contributed by atoms with Crippen LogP contribution in [0.4, 0.5) is 0 Å². The van der Waals surface area contributed by atoms with Gasteiger partial charge in [-0.05, 0) is 24.8 Å². The molecule has 188 valence electrons. The maximum absolute atomic E-state index is 13.5. The Morgan fingerprint density at radius 3 is 2.57 bits per heavy atom. The number of rotatable bonds is 5. The standard InChI is InChI=1S/C25H33N5O4S/c1-14-20(35-13-26-14)16-7-9-17(10-8-16)25(6)28-22(29-34-25)19-11-18(32)12-30(19)23(33)21(24(3,4)5)27-15(2)31/h7-10,13,18-19,21,32H,11-12H2,1-6H3,(H,27,31)(H,28,29)/t18-,19+,21?,25-/m1/s1. The average Bonchev–Trinajstić information content (AvgIpc) is 3.49. The van der Waals surface area contributed by atoms with Crippen molar-refractivity contribution in [3.05, 3.63) is 41.0 Å². The van der Waals surface area contributed by atoms with Crippen LogP contribution >= 0.6 is 11.3 Å². The number of benzene rings is 1. The fraction of sp³-hybridized carbons (Fsp3) is 0.520. The van der Waals surface area contributed by atoms with E-state index >= 15 is 0 Å². The Morgan fingerprint density at radius 1 is 1.31 bits per heavy atom. The van der Waals surface area contributed by atoms with Crippen molar-refractivity contribution in [1.82, 2.24) is 20.7 Å². The van der Waals surface area contributed by atoms with Crippen LogP contribution in [0.1, 0.15) is 52.3 Å². The van der Waals surface area contributed by atoms with Crippen molar-refractivity contribution < 1.29 is 19.5 Å². The van der Waals surface area contributed by atoms with E-state index in [2.05, 4.69) is 15.8 Å². The van der Waals surface area contributed by atoms with Gasteiger partial charge in [0, 0.05) is 25.5 Å². The van der Waals surface area contributed by atoms with Crippen LogP contribution in [0.15, 0.2) is 34.8 Å². The van der Waals surface area contributed by atoms with Crippen molar-refractivity contribution in [3.63, 3.8) is 0 Å². The molecule has 3 N–H and O–H groups in total. The van der Waals surface area contributed by atoms with E-state index in [-0.39, 0.29) is 18.4 Å². The van der Waals surface area contributed by atoms with Crippen LogP contribution in [0.3, 0.4) is 0 Å². The molecule has 1 unspecified atom stereocenters. The lowest BCUT2D eigenvalue weighted by molar-refractivity contribution is -0.139. The number of amides is 2. The van der Waals surface area contributed by atoms with Gasteiger partial charge < -0.3 is 15.3 Å². The number of nitrogens with zero attached hydrogens (tertiary/aromatic N) is 3. The molecule has 0 bridgehead atoms. The molecule has 9 nitrogen and oxygen atoms in total. The number of aromatic nitrogens is 1. The van der Waals surface area contributed by atoms with Crippen LogP contribution in [0.25, 0.3) is 10.4 Å². The van der Waals surface area contributed by atoms with Gasteiger partial charge in [-0.3, -0.25) is 9.59 Å². The minimum absolute atomic E-state index is 0.163. The number of aliphatic hydroxyl groups is 1. The second-order valence-corrected chi connectivity index (χ2v) is 11.3. The molecule has 0 saturated carbocycles. The van der Waals surface area contributed by atoms with Crippen molar-refractivity contribution in [3.8, 4) is 10.4 Å². The predicted octanol–water partition coefficient (Wildman–Crippen LogP) is 2.74. The highest BCUT2D eigenvalue weighted by Gasteiger charge is 2.46. The maximum Gasteiger partial charge on any atom is 0.246 e. The molecule has 1 aromatic heterocycles. The number of carbonyl (C=O) groups excluding carboxylic acids is 2. The van der Waals surface area contributed by atoms with Crippen LogP contribution in [-0.2, 0) is 20.2 Å². The van der Waals surface area contributed by atoms with Gasteiger partial charge in [-0.1, -0.05) is 45.0 Å². The predicted molar refractivity (Wildman–Crippen MR) is 134 cm³/mol. The van der Waals surface area contributed by atoms with Crippen LogP contribution in [0.5, 0.6) is 0 Å². The summed E-state index contributed by atoms with van der Waals surface area (Å²) < 4.78 is 0. The third-order valence-electron chi connectivity index (χ3n) is 6.45. The van der Waals surface area contributed by atoms with E-state index in [0.29, 0.717) is 12.3 Å². The zero-order valence-corrected chi connectivity index (χ0v) is 21.8. The molecule has 2 amide bonds. The lowest BCUT2D eigenvalue weighted by atomic mass is 9.85. The molecule has 4 atom stereocenters. The lowest BCUT2D eigenvalue weighted by Crippen LogP contribution is -2.57. The normalized spacial score (nSPS) is 25.2. The first-order valence-corrected chi connectivity index (χ1v) is 12.6. The van der Waals surface area contributed by atoms with E-state index in [1.165, 1.54) is 6.92 Å². The van der Waals surface area contributed by atoms with E-state index in [0.717, 1.165) is 21.7 Å². The molecule has 0 radical (unpaired) electrons. The molecular weight excluding hydrogens is 466 g/mol. The van der Waals surface area contributed by atoms with Crippen LogP contribution in [0.2, 0.25) is 0 Å². The Bertz CT molecular complexity index is 1140. The smallest absolute Gasteiger partial charge is 0.246 e. The fourth-order valence-corrected chi connectivity index (χ4v) is 5.35. The first kappa shape index (κ1) is 25.3. The van der Waals surface area contributed by atoms with E-state index < -0.39 is 29.3 Å². The second-order valence-electron chi connectivity index (χ2n) is 10.4. The Kier molecular flexibility index (Phi) is 6.74. The van der Waals surface area contributed by atoms with Gasteiger partial charge >= 0.3 is 0 Å². The third-order valence-corrected chi connectivity index (χ3v) is 7.43. The van der Waals surface area contributed by atoms with E-state index in [9.17, 15) is 14.7 Å². The molecule has 2 aliphatic heterocycles. The van der Waals surface area contributed by atoms with Crippen LogP contribution in [-0.4, -0.2) is 57.4 Å². The maximum atomic E-state index is 13.5. The summed E-state index contributed by atoms with van der Waals surface area (Å²) >= 11 is 1.60. The molecule has 1 fully saturated rings. The molecule has 1 aromatic carbocycles. The summed E-state index contributed by atoms with van der Waals surface area (Å²) in [4.78, 5) is 43.1. The monoisotopic (exact) mass is 499 g/mol. The highest BCUT2D eigenvalue weighted by molar-refractivity contribution is 7.13. The SMILES string of the molecule is CC(=O)NC(C(=O)N1C[C@H](O)C[C@H]1C1=N[C@@](C)(c2ccc(-c3scnc3C)cc2)ON1)C(C)(C)C. The zero-order valence-electron chi connectivity index (χ0n) is 21.0. The van der Waals surface area contributed by atoms with Gasteiger partial charge in [0.05, 0.1) is 28.2 Å². The number of β-amino-alcohol motifs (C(OH)–C–C–N with tert-alkyl or cyclic N) is 1. The topological polar surface area (TPSA) is 116 Å². The number of hydroxylamine groups is 1. The van der Waals surface area contributed by atoms with Crippen molar-refractivity contribution in [2.75, 3.05) is 6.54 Å². The van der Waals surface area contributed by atoms with Gasteiger partial charge in [-0.2, -0.15) is 0 Å². The minimum Gasteiger partial charge on any atom is -0.391 e. The van der Waals surface area contributed by atoms with E-state index in [4.69, 9.17) is 9.83 Å². The number of carbonyl (C=O) groups is 2. The second kappa shape index (κ2) is 9.33. The first-order chi connectivity index (χ1) is 16.4. The number of hydrogen-bond donors (Lipinski definition) is 3. The summed E-state index contributed by atoms with van der Waals surface area (Å²) in [6, 6.07) is 6.77. The van der Waals surface area contributed by atoms with Crippen molar-refractivity contribution in [1.29, 1.82) is 0 Å². The van der Waals surface area contributed by atoms with Crippen molar-refractivity contribution >= 4 is 29.0 Å².